The molecule has 1 rings (SSSR count). The number of aromatic nitrogens is 2. The van der Waals surface area contributed by atoms with Crippen molar-refractivity contribution in [1.82, 2.24) is 14.9 Å². The van der Waals surface area contributed by atoms with E-state index in [4.69, 9.17) is 0 Å². The minimum atomic E-state index is -4.07. The molecule has 6 heteroatoms. The van der Waals surface area contributed by atoms with Crippen molar-refractivity contribution in [2.24, 2.45) is 7.05 Å². The minimum Gasteiger partial charge on any atom is -0.337 e. The second-order valence-electron chi connectivity index (χ2n) is 3.75. The Kier molecular flexibility index (Phi) is 4.35. The van der Waals surface area contributed by atoms with Crippen molar-refractivity contribution in [2.45, 2.75) is 31.5 Å². The lowest BCUT2D eigenvalue weighted by Crippen LogP contribution is -2.20. The maximum atomic E-state index is 12.0. The fraction of sp³-hybridized carbons (Fsp3) is 0.700. The van der Waals surface area contributed by atoms with Gasteiger partial charge in [0.15, 0.2) is 0 Å². The lowest BCUT2D eigenvalue weighted by atomic mass is 10.1. The Morgan fingerprint density at radius 1 is 1.50 bits per heavy atom. The van der Waals surface area contributed by atoms with Crippen LogP contribution in [0.4, 0.5) is 13.2 Å². The summed E-state index contributed by atoms with van der Waals surface area (Å²) in [7, 11) is 3.56. The molecule has 0 aromatic carbocycles. The van der Waals surface area contributed by atoms with Gasteiger partial charge in [0.25, 0.3) is 0 Å². The van der Waals surface area contributed by atoms with Gasteiger partial charge in [-0.3, -0.25) is 0 Å². The first-order valence-electron chi connectivity index (χ1n) is 5.15. The molecule has 0 spiro atoms. The van der Waals surface area contributed by atoms with Gasteiger partial charge in [0.1, 0.15) is 5.82 Å². The van der Waals surface area contributed by atoms with E-state index in [1.54, 1.807) is 19.4 Å². The third-order valence-corrected chi connectivity index (χ3v) is 2.47. The first-order chi connectivity index (χ1) is 7.44. The van der Waals surface area contributed by atoms with Gasteiger partial charge in [-0.1, -0.05) is 0 Å². The van der Waals surface area contributed by atoms with Crippen LogP contribution in [-0.2, 0) is 7.05 Å². The van der Waals surface area contributed by atoms with Crippen LogP contribution in [0.5, 0.6) is 0 Å². The predicted octanol–water partition coefficient (Wildman–Crippen LogP) is 2.41. The number of alkyl halides is 3. The number of nitrogens with one attached hydrogen (secondary N) is 1. The van der Waals surface area contributed by atoms with Crippen molar-refractivity contribution < 1.29 is 13.2 Å². The maximum absolute atomic E-state index is 12.0. The quantitative estimate of drug-likeness (QED) is 0.849. The number of aryl methyl sites for hydroxylation is 1. The third kappa shape index (κ3) is 3.84. The topological polar surface area (TPSA) is 29.9 Å². The average molecular weight is 235 g/mol. The van der Waals surface area contributed by atoms with Gasteiger partial charge in [-0.25, -0.2) is 4.98 Å². The van der Waals surface area contributed by atoms with Crippen molar-refractivity contribution in [3.05, 3.63) is 18.2 Å². The standard InChI is InChI=1S/C10H16F3N3/c1-14-8(4-3-5-10(11,12)13)9-15-6-7-16(9)2/h6-8,14H,3-5H2,1-2H3. The Bertz CT molecular complexity index is 319. The summed E-state index contributed by atoms with van der Waals surface area (Å²) in [5.41, 5.74) is 0. The summed E-state index contributed by atoms with van der Waals surface area (Å²) in [4.78, 5) is 4.12. The zero-order chi connectivity index (χ0) is 12.2. The first-order valence-corrected chi connectivity index (χ1v) is 5.15. The van der Waals surface area contributed by atoms with Gasteiger partial charge in [0.05, 0.1) is 6.04 Å². The van der Waals surface area contributed by atoms with Crippen LogP contribution in [-0.4, -0.2) is 22.8 Å². The van der Waals surface area contributed by atoms with E-state index < -0.39 is 12.6 Å². The van der Waals surface area contributed by atoms with Gasteiger partial charge in [-0.2, -0.15) is 13.2 Å². The lowest BCUT2D eigenvalue weighted by Gasteiger charge is -2.16. The van der Waals surface area contributed by atoms with Crippen LogP contribution >= 0.6 is 0 Å². The smallest absolute Gasteiger partial charge is 0.337 e. The van der Waals surface area contributed by atoms with Crippen LogP contribution in [0.25, 0.3) is 0 Å². The molecule has 1 unspecified atom stereocenters. The molecule has 0 bridgehead atoms. The predicted molar refractivity (Wildman–Crippen MR) is 54.9 cm³/mol. The second kappa shape index (κ2) is 5.34. The number of hydrogen-bond donors (Lipinski definition) is 1. The van der Waals surface area contributed by atoms with E-state index in [2.05, 4.69) is 10.3 Å². The highest BCUT2D eigenvalue weighted by molar-refractivity contribution is 4.98. The summed E-state index contributed by atoms with van der Waals surface area (Å²) in [6.45, 7) is 0. The minimum absolute atomic E-state index is 0.113. The van der Waals surface area contributed by atoms with Crippen molar-refractivity contribution in [3.8, 4) is 0 Å². The molecule has 1 aromatic rings. The number of halogens is 3. The molecule has 0 aliphatic carbocycles. The van der Waals surface area contributed by atoms with E-state index in [0.29, 0.717) is 6.42 Å². The molecule has 1 atom stereocenters. The summed E-state index contributed by atoms with van der Waals surface area (Å²) in [5, 5.41) is 2.98. The van der Waals surface area contributed by atoms with Crippen LogP contribution < -0.4 is 5.32 Å². The fourth-order valence-corrected chi connectivity index (χ4v) is 1.62. The van der Waals surface area contributed by atoms with Crippen LogP contribution in [0, 0.1) is 0 Å². The average Bonchev–Trinajstić information content (AvgIpc) is 2.58. The Balaban J connectivity index is 2.48. The molecule has 0 amide bonds. The zero-order valence-corrected chi connectivity index (χ0v) is 9.38. The van der Waals surface area contributed by atoms with E-state index in [1.165, 1.54) is 0 Å². The third-order valence-electron chi connectivity index (χ3n) is 2.47. The van der Waals surface area contributed by atoms with Gasteiger partial charge < -0.3 is 9.88 Å². The Morgan fingerprint density at radius 3 is 2.62 bits per heavy atom. The van der Waals surface area contributed by atoms with Crippen LogP contribution in [0.3, 0.4) is 0 Å². The molecule has 0 saturated heterocycles. The SMILES string of the molecule is CNC(CCCC(F)(F)F)c1nccn1C. The molecule has 1 heterocycles. The van der Waals surface area contributed by atoms with Crippen molar-refractivity contribution in [3.63, 3.8) is 0 Å². The summed E-state index contributed by atoms with van der Waals surface area (Å²) in [6.07, 6.45) is -0.842. The normalized spacial score (nSPS) is 14.1. The molecule has 1 N–H and O–H groups in total. The molecule has 0 aliphatic heterocycles. The molecule has 0 saturated carbocycles. The van der Waals surface area contributed by atoms with Gasteiger partial charge in [0.2, 0.25) is 0 Å². The number of rotatable bonds is 5. The van der Waals surface area contributed by atoms with Crippen LogP contribution in [0.2, 0.25) is 0 Å². The van der Waals surface area contributed by atoms with E-state index >= 15 is 0 Å². The highest BCUT2D eigenvalue weighted by atomic mass is 19.4. The van der Waals surface area contributed by atoms with Gasteiger partial charge in [-0.15, -0.1) is 0 Å². The molecule has 0 fully saturated rings. The molecule has 0 aliphatic rings. The van der Waals surface area contributed by atoms with Gasteiger partial charge in [-0.05, 0) is 19.9 Å². The van der Waals surface area contributed by atoms with Crippen LogP contribution in [0.15, 0.2) is 12.4 Å². The Labute approximate surface area is 92.7 Å². The van der Waals surface area contributed by atoms with E-state index in [9.17, 15) is 13.2 Å². The highest BCUT2D eigenvalue weighted by Crippen LogP contribution is 2.25. The first kappa shape index (κ1) is 13.0. The summed E-state index contributed by atoms with van der Waals surface area (Å²) < 4.78 is 37.8. The Morgan fingerprint density at radius 2 is 2.19 bits per heavy atom. The fourth-order valence-electron chi connectivity index (χ4n) is 1.62. The largest absolute Gasteiger partial charge is 0.389 e. The molecular formula is C10H16F3N3. The summed E-state index contributed by atoms with van der Waals surface area (Å²) in [6, 6.07) is -0.123. The van der Waals surface area contributed by atoms with Crippen molar-refractivity contribution >= 4 is 0 Å². The van der Waals surface area contributed by atoms with E-state index in [1.807, 2.05) is 11.6 Å². The number of imidazole rings is 1. The molecule has 16 heavy (non-hydrogen) atoms. The van der Waals surface area contributed by atoms with Crippen LogP contribution in [0.1, 0.15) is 31.1 Å². The highest BCUT2D eigenvalue weighted by Gasteiger charge is 2.27. The van der Waals surface area contributed by atoms with Crippen molar-refractivity contribution in [2.75, 3.05) is 7.05 Å². The molecule has 3 nitrogen and oxygen atoms in total. The monoisotopic (exact) mass is 235 g/mol. The molecule has 1 aromatic heterocycles. The van der Waals surface area contributed by atoms with Gasteiger partial charge >= 0.3 is 6.18 Å². The van der Waals surface area contributed by atoms with Gasteiger partial charge in [0, 0.05) is 25.9 Å². The summed E-state index contributed by atoms with van der Waals surface area (Å²) in [5.74, 6) is 0.768. The lowest BCUT2D eigenvalue weighted by molar-refractivity contribution is -0.135. The maximum Gasteiger partial charge on any atom is 0.389 e. The number of nitrogens with zero attached hydrogens (tertiary/aromatic N) is 2. The molecule has 92 valence electrons. The van der Waals surface area contributed by atoms with Crippen molar-refractivity contribution in [1.29, 1.82) is 0 Å². The second-order valence-corrected chi connectivity index (χ2v) is 3.75. The van der Waals surface area contributed by atoms with E-state index in [-0.39, 0.29) is 12.5 Å². The van der Waals surface area contributed by atoms with E-state index in [0.717, 1.165) is 5.82 Å². The number of hydrogen-bond acceptors (Lipinski definition) is 2. The molecule has 0 radical (unpaired) electrons. The molecular weight excluding hydrogens is 219 g/mol. The summed E-state index contributed by atoms with van der Waals surface area (Å²) >= 11 is 0. The zero-order valence-electron chi connectivity index (χ0n) is 9.38. The Hall–Kier alpha value is -1.04.